The van der Waals surface area contributed by atoms with E-state index in [0.717, 1.165) is 24.3 Å². The minimum Gasteiger partial charge on any atom is -0.381 e. The number of benzene rings is 1. The van der Waals surface area contributed by atoms with E-state index >= 15 is 0 Å². The molecule has 1 fully saturated rings. The van der Waals surface area contributed by atoms with E-state index in [1.165, 1.54) is 5.56 Å². The molecule has 1 aliphatic rings. The van der Waals surface area contributed by atoms with E-state index in [1.807, 2.05) is 38.2 Å². The molecule has 1 N–H and O–H groups in total. The van der Waals surface area contributed by atoms with E-state index in [2.05, 4.69) is 38.6 Å². The van der Waals surface area contributed by atoms with Gasteiger partial charge >= 0.3 is 0 Å². The molecular weight excluding hydrogens is 342 g/mol. The van der Waals surface area contributed by atoms with Gasteiger partial charge in [0.2, 0.25) is 0 Å². The fourth-order valence-electron chi connectivity index (χ4n) is 3.04. The first-order valence-electron chi connectivity index (χ1n) is 9.22. The predicted octanol–water partition coefficient (Wildman–Crippen LogP) is 2.09. The highest BCUT2D eigenvalue weighted by Gasteiger charge is 2.18. The normalized spacial score (nSPS) is 14.6. The molecule has 0 atom stereocenters. The van der Waals surface area contributed by atoms with Crippen LogP contribution in [-0.2, 0) is 11.3 Å². The minimum atomic E-state index is -0.178. The van der Waals surface area contributed by atoms with Crippen LogP contribution in [0.3, 0.4) is 0 Å². The highest BCUT2D eigenvalue weighted by atomic mass is 16.5. The zero-order chi connectivity index (χ0) is 19.2. The van der Waals surface area contributed by atoms with Crippen LogP contribution in [0.5, 0.6) is 0 Å². The van der Waals surface area contributed by atoms with Crippen LogP contribution in [0.4, 0.5) is 11.5 Å². The van der Waals surface area contributed by atoms with Crippen LogP contribution in [-0.4, -0.2) is 56.5 Å². The fourth-order valence-corrected chi connectivity index (χ4v) is 3.04. The number of hydrogen-bond donors (Lipinski definition) is 1. The number of hydrogen-bond acceptors (Lipinski definition) is 6. The van der Waals surface area contributed by atoms with Crippen LogP contribution in [0.15, 0.2) is 36.4 Å². The maximum atomic E-state index is 12.3. The van der Waals surface area contributed by atoms with Crippen LogP contribution in [0.2, 0.25) is 0 Å². The Morgan fingerprint density at radius 3 is 2.59 bits per heavy atom. The summed E-state index contributed by atoms with van der Waals surface area (Å²) in [4.78, 5) is 16.4. The standard InChI is InChI=1S/C20H27N5O2/c1-24(2)17-6-4-5-15(13-17)14-25(3)19-8-7-18(22-23-19)20(26)21-16-9-11-27-12-10-16/h4-8,13,16H,9-12,14H2,1-3H3,(H,21,26). The second kappa shape index (κ2) is 8.81. The number of carbonyl (C=O) groups is 1. The minimum absolute atomic E-state index is 0.152. The van der Waals surface area contributed by atoms with Crippen molar-refractivity contribution in [2.24, 2.45) is 0 Å². The molecule has 0 aliphatic carbocycles. The smallest absolute Gasteiger partial charge is 0.272 e. The molecule has 3 rings (SSSR count). The molecule has 144 valence electrons. The summed E-state index contributed by atoms with van der Waals surface area (Å²) in [6.45, 7) is 2.09. The van der Waals surface area contributed by atoms with Gasteiger partial charge in [-0.25, -0.2) is 0 Å². The van der Waals surface area contributed by atoms with E-state index < -0.39 is 0 Å². The van der Waals surface area contributed by atoms with Gasteiger partial charge in [0.1, 0.15) is 0 Å². The Morgan fingerprint density at radius 2 is 1.93 bits per heavy atom. The number of rotatable bonds is 6. The Labute approximate surface area is 160 Å². The summed E-state index contributed by atoms with van der Waals surface area (Å²) >= 11 is 0. The van der Waals surface area contributed by atoms with Crippen LogP contribution in [0, 0.1) is 0 Å². The van der Waals surface area contributed by atoms with Crippen molar-refractivity contribution in [2.45, 2.75) is 25.4 Å². The maximum absolute atomic E-state index is 12.3. The zero-order valence-corrected chi connectivity index (χ0v) is 16.2. The predicted molar refractivity (Wildman–Crippen MR) is 106 cm³/mol. The Bertz CT molecular complexity index is 757. The van der Waals surface area contributed by atoms with Crippen molar-refractivity contribution in [3.05, 3.63) is 47.7 Å². The summed E-state index contributed by atoms with van der Waals surface area (Å²) in [5.74, 6) is 0.551. The van der Waals surface area contributed by atoms with Crippen molar-refractivity contribution in [1.29, 1.82) is 0 Å². The van der Waals surface area contributed by atoms with Gasteiger partial charge in [-0.05, 0) is 42.7 Å². The lowest BCUT2D eigenvalue weighted by atomic mass is 10.1. The van der Waals surface area contributed by atoms with Crippen LogP contribution >= 0.6 is 0 Å². The van der Waals surface area contributed by atoms with Crippen LogP contribution in [0.1, 0.15) is 28.9 Å². The second-order valence-corrected chi connectivity index (χ2v) is 7.06. The van der Waals surface area contributed by atoms with E-state index in [4.69, 9.17) is 4.74 Å². The summed E-state index contributed by atoms with van der Waals surface area (Å²) in [5.41, 5.74) is 2.69. The van der Waals surface area contributed by atoms with Gasteiger partial charge in [-0.3, -0.25) is 4.79 Å². The lowest BCUT2D eigenvalue weighted by Crippen LogP contribution is -2.39. The number of nitrogens with one attached hydrogen (secondary N) is 1. The van der Waals surface area contributed by atoms with Gasteiger partial charge in [0.15, 0.2) is 11.5 Å². The third kappa shape index (κ3) is 5.17. The number of aromatic nitrogens is 2. The monoisotopic (exact) mass is 369 g/mol. The molecule has 7 nitrogen and oxygen atoms in total. The number of anilines is 2. The summed E-state index contributed by atoms with van der Waals surface area (Å²) in [6.07, 6.45) is 1.68. The molecule has 0 unspecified atom stereocenters. The van der Waals surface area contributed by atoms with E-state index in [1.54, 1.807) is 6.07 Å². The molecule has 7 heteroatoms. The Hall–Kier alpha value is -2.67. The highest BCUT2D eigenvalue weighted by molar-refractivity contribution is 5.92. The van der Waals surface area contributed by atoms with Crippen molar-refractivity contribution >= 4 is 17.4 Å². The molecule has 27 heavy (non-hydrogen) atoms. The lowest BCUT2D eigenvalue weighted by molar-refractivity contribution is 0.0693. The molecule has 0 radical (unpaired) electrons. The molecule has 0 spiro atoms. The fraction of sp³-hybridized carbons (Fsp3) is 0.450. The van der Waals surface area contributed by atoms with Crippen molar-refractivity contribution < 1.29 is 9.53 Å². The SMILES string of the molecule is CN(C)c1cccc(CN(C)c2ccc(C(=O)NC3CCOCC3)nn2)c1. The van der Waals surface area contributed by atoms with Crippen molar-refractivity contribution in [3.8, 4) is 0 Å². The Balaban J connectivity index is 1.60. The van der Waals surface area contributed by atoms with E-state index in [-0.39, 0.29) is 11.9 Å². The molecule has 1 aromatic heterocycles. The average Bonchev–Trinajstić information content (AvgIpc) is 2.69. The summed E-state index contributed by atoms with van der Waals surface area (Å²) < 4.78 is 5.31. The molecule has 0 bridgehead atoms. The quantitative estimate of drug-likeness (QED) is 0.841. The van der Waals surface area contributed by atoms with Gasteiger partial charge in [-0.2, -0.15) is 0 Å². The maximum Gasteiger partial charge on any atom is 0.272 e. The molecule has 1 aliphatic heterocycles. The largest absolute Gasteiger partial charge is 0.381 e. The van der Waals surface area contributed by atoms with Crippen molar-refractivity contribution in [1.82, 2.24) is 15.5 Å². The number of carbonyl (C=O) groups excluding carboxylic acids is 1. The molecule has 2 heterocycles. The average molecular weight is 369 g/mol. The van der Waals surface area contributed by atoms with Crippen LogP contribution < -0.4 is 15.1 Å². The van der Waals surface area contributed by atoms with Crippen LogP contribution in [0.25, 0.3) is 0 Å². The molecule has 1 saturated heterocycles. The van der Waals surface area contributed by atoms with Crippen molar-refractivity contribution in [3.63, 3.8) is 0 Å². The molecular formula is C20H27N5O2. The number of amides is 1. The third-order valence-corrected chi connectivity index (χ3v) is 4.68. The van der Waals surface area contributed by atoms with Gasteiger partial charge in [0.05, 0.1) is 0 Å². The number of nitrogens with zero attached hydrogens (tertiary/aromatic N) is 4. The molecule has 2 aromatic rings. The van der Waals surface area contributed by atoms with Gasteiger partial charge in [0.25, 0.3) is 5.91 Å². The Kier molecular flexibility index (Phi) is 6.24. The zero-order valence-electron chi connectivity index (χ0n) is 16.2. The summed E-state index contributed by atoms with van der Waals surface area (Å²) in [7, 11) is 6.02. The van der Waals surface area contributed by atoms with E-state index in [0.29, 0.717) is 25.5 Å². The lowest BCUT2D eigenvalue weighted by Gasteiger charge is -2.23. The second-order valence-electron chi connectivity index (χ2n) is 7.06. The highest BCUT2D eigenvalue weighted by Crippen LogP contribution is 2.17. The number of ether oxygens (including phenoxy) is 1. The van der Waals surface area contributed by atoms with Gasteiger partial charge in [-0.1, -0.05) is 12.1 Å². The van der Waals surface area contributed by atoms with Gasteiger partial charge in [0, 0.05) is 52.6 Å². The topological polar surface area (TPSA) is 70.6 Å². The first-order chi connectivity index (χ1) is 13.0. The van der Waals surface area contributed by atoms with E-state index in [9.17, 15) is 4.79 Å². The third-order valence-electron chi connectivity index (χ3n) is 4.68. The molecule has 1 amide bonds. The summed E-state index contributed by atoms with van der Waals surface area (Å²) in [5, 5.41) is 11.3. The molecule has 0 saturated carbocycles. The van der Waals surface area contributed by atoms with Crippen molar-refractivity contribution in [2.75, 3.05) is 44.2 Å². The van der Waals surface area contributed by atoms with Gasteiger partial charge < -0.3 is 19.9 Å². The first-order valence-corrected chi connectivity index (χ1v) is 9.22. The Morgan fingerprint density at radius 1 is 1.15 bits per heavy atom. The first kappa shape index (κ1) is 19.1. The van der Waals surface area contributed by atoms with Gasteiger partial charge in [-0.15, -0.1) is 10.2 Å². The molecule has 1 aromatic carbocycles. The summed E-state index contributed by atoms with van der Waals surface area (Å²) in [6, 6.07) is 12.1.